The molecule has 2 aromatic rings. The van der Waals surface area contributed by atoms with Crippen LogP contribution in [0.15, 0.2) is 29.4 Å². The van der Waals surface area contributed by atoms with Gasteiger partial charge < -0.3 is 4.74 Å². The highest BCUT2D eigenvalue weighted by atomic mass is 32.2. The molecule has 0 spiro atoms. The minimum absolute atomic E-state index is 0.329. The fourth-order valence-corrected chi connectivity index (χ4v) is 3.09. The van der Waals surface area contributed by atoms with Gasteiger partial charge in [0, 0.05) is 6.20 Å². The molecule has 0 aromatic carbocycles. The average molecular weight is 310 g/mol. The molecule has 2 rings (SSSR count). The summed E-state index contributed by atoms with van der Waals surface area (Å²) in [5.74, 6) is 0.722. The van der Waals surface area contributed by atoms with Crippen molar-refractivity contribution in [1.29, 1.82) is 0 Å². The summed E-state index contributed by atoms with van der Waals surface area (Å²) in [7, 11) is 2.43. The van der Waals surface area contributed by atoms with Gasteiger partial charge in [-0.3, -0.25) is 9.06 Å². The Kier molecular flexibility index (Phi) is 4.62. The number of aryl methyl sites for hydroxylation is 2. The SMILES string of the molecule is COc1nc(C)cnc1N(P)S(=O)c1cccnc1C. The second kappa shape index (κ2) is 6.24. The third-order valence-electron chi connectivity index (χ3n) is 2.57. The van der Waals surface area contributed by atoms with Crippen molar-refractivity contribution in [2.24, 2.45) is 0 Å². The van der Waals surface area contributed by atoms with Gasteiger partial charge in [0.05, 0.1) is 29.6 Å². The van der Waals surface area contributed by atoms with Gasteiger partial charge in [0.25, 0.3) is 5.88 Å². The first-order valence-corrected chi connectivity index (χ1v) is 7.43. The molecule has 6 nitrogen and oxygen atoms in total. The van der Waals surface area contributed by atoms with Crippen LogP contribution >= 0.6 is 9.39 Å². The Hall–Kier alpha value is -1.59. The van der Waals surface area contributed by atoms with Crippen LogP contribution in [0.3, 0.4) is 0 Å². The maximum Gasteiger partial charge on any atom is 0.258 e. The van der Waals surface area contributed by atoms with Gasteiger partial charge in [-0.05, 0) is 35.4 Å². The lowest BCUT2D eigenvalue weighted by Gasteiger charge is -2.19. The molecule has 0 saturated carbocycles. The molecular weight excluding hydrogens is 295 g/mol. The third kappa shape index (κ3) is 2.94. The molecule has 0 saturated heterocycles. The maximum absolute atomic E-state index is 12.6. The first-order chi connectivity index (χ1) is 9.54. The Balaban J connectivity index is 2.39. The minimum Gasteiger partial charge on any atom is -0.478 e. The number of hydrogen-bond acceptors (Lipinski definition) is 5. The summed E-state index contributed by atoms with van der Waals surface area (Å²) in [6, 6.07) is 3.51. The molecule has 0 amide bonds. The van der Waals surface area contributed by atoms with Gasteiger partial charge in [-0.25, -0.2) is 14.2 Å². The smallest absolute Gasteiger partial charge is 0.258 e. The maximum atomic E-state index is 12.6. The lowest BCUT2D eigenvalue weighted by Crippen LogP contribution is -2.17. The summed E-state index contributed by atoms with van der Waals surface area (Å²) >= 11 is 0. The zero-order valence-corrected chi connectivity index (χ0v) is 13.4. The number of nitrogens with zero attached hydrogens (tertiary/aromatic N) is 4. The second-order valence-corrected chi connectivity index (χ2v) is 6.23. The van der Waals surface area contributed by atoms with Crippen molar-refractivity contribution in [2.75, 3.05) is 11.2 Å². The van der Waals surface area contributed by atoms with Gasteiger partial charge in [0.15, 0.2) is 11.0 Å². The fraction of sp³-hybridized carbons (Fsp3) is 0.250. The largest absolute Gasteiger partial charge is 0.478 e. The van der Waals surface area contributed by atoms with Gasteiger partial charge in [-0.1, -0.05) is 0 Å². The Morgan fingerprint density at radius 1 is 1.35 bits per heavy atom. The van der Waals surface area contributed by atoms with Crippen LogP contribution in [0.1, 0.15) is 11.4 Å². The van der Waals surface area contributed by atoms with Crippen LogP contribution in [0.25, 0.3) is 0 Å². The number of hydrogen-bond donors (Lipinski definition) is 0. The van der Waals surface area contributed by atoms with Crippen LogP contribution in [0.5, 0.6) is 5.88 Å². The highest BCUT2D eigenvalue weighted by molar-refractivity contribution is 7.90. The normalized spacial score (nSPS) is 12.0. The number of aromatic nitrogens is 3. The molecular formula is C12H15N4O2PS. The van der Waals surface area contributed by atoms with Crippen molar-refractivity contribution in [1.82, 2.24) is 15.0 Å². The van der Waals surface area contributed by atoms with E-state index < -0.39 is 11.0 Å². The molecule has 106 valence electrons. The molecule has 2 aromatic heterocycles. The highest BCUT2D eigenvalue weighted by Gasteiger charge is 2.20. The first-order valence-electron chi connectivity index (χ1n) is 5.80. The first kappa shape index (κ1) is 14.8. The summed E-state index contributed by atoms with van der Waals surface area (Å²) in [6.45, 7) is 3.62. The lowest BCUT2D eigenvalue weighted by atomic mass is 10.4. The molecule has 2 atom stereocenters. The monoisotopic (exact) mass is 310 g/mol. The lowest BCUT2D eigenvalue weighted by molar-refractivity contribution is 0.397. The van der Waals surface area contributed by atoms with Crippen LogP contribution in [-0.4, -0.2) is 26.3 Å². The Bertz CT molecular complexity index is 653. The van der Waals surface area contributed by atoms with E-state index in [1.807, 2.05) is 13.8 Å². The van der Waals surface area contributed by atoms with E-state index in [0.29, 0.717) is 22.3 Å². The fourth-order valence-electron chi connectivity index (χ4n) is 1.58. The van der Waals surface area contributed by atoms with E-state index in [-0.39, 0.29) is 0 Å². The van der Waals surface area contributed by atoms with Gasteiger partial charge in [-0.15, -0.1) is 0 Å². The Morgan fingerprint density at radius 3 is 2.75 bits per heavy atom. The van der Waals surface area contributed by atoms with E-state index in [1.54, 1.807) is 24.5 Å². The molecule has 0 aliphatic carbocycles. The zero-order valence-electron chi connectivity index (χ0n) is 11.4. The summed E-state index contributed by atoms with van der Waals surface area (Å²) in [5.41, 5.74) is 1.43. The predicted molar refractivity (Wildman–Crippen MR) is 80.9 cm³/mol. The summed E-state index contributed by atoms with van der Waals surface area (Å²) in [6.07, 6.45) is 3.26. The molecule has 0 bridgehead atoms. The van der Waals surface area contributed by atoms with E-state index in [9.17, 15) is 4.21 Å². The molecule has 2 heterocycles. The van der Waals surface area contributed by atoms with Crippen LogP contribution in [0.2, 0.25) is 0 Å². The number of ether oxygens (including phenoxy) is 1. The topological polar surface area (TPSA) is 68.2 Å². The Morgan fingerprint density at radius 2 is 2.10 bits per heavy atom. The zero-order chi connectivity index (χ0) is 14.7. The van der Waals surface area contributed by atoms with Crippen LogP contribution in [0, 0.1) is 13.8 Å². The molecule has 0 aliphatic rings. The standard InChI is InChI=1S/C12H15N4O2PS/c1-8-7-14-11(12(15-8)18-3)16(19)20(17)10-5-4-6-13-9(10)2/h4-7H,19H2,1-3H3. The third-order valence-corrected chi connectivity index (χ3v) is 4.73. The average Bonchev–Trinajstić information content (AvgIpc) is 2.46. The van der Waals surface area contributed by atoms with Crippen molar-refractivity contribution >= 4 is 26.2 Å². The van der Waals surface area contributed by atoms with E-state index in [2.05, 4.69) is 24.3 Å². The molecule has 8 heteroatoms. The number of pyridine rings is 1. The van der Waals surface area contributed by atoms with Crippen LogP contribution < -0.4 is 8.81 Å². The number of rotatable bonds is 4. The van der Waals surface area contributed by atoms with Gasteiger partial charge >= 0.3 is 0 Å². The molecule has 2 unspecified atom stereocenters. The summed E-state index contributed by atoms with van der Waals surface area (Å²) in [4.78, 5) is 13.2. The van der Waals surface area contributed by atoms with Crippen molar-refractivity contribution in [3.63, 3.8) is 0 Å². The summed E-state index contributed by atoms with van der Waals surface area (Å²) in [5, 5.41) is 0. The van der Waals surface area contributed by atoms with E-state index >= 15 is 0 Å². The van der Waals surface area contributed by atoms with Crippen molar-refractivity contribution in [3.05, 3.63) is 35.9 Å². The van der Waals surface area contributed by atoms with Crippen molar-refractivity contribution in [3.8, 4) is 5.88 Å². The van der Waals surface area contributed by atoms with Crippen molar-refractivity contribution in [2.45, 2.75) is 18.7 Å². The highest BCUT2D eigenvalue weighted by Crippen LogP contribution is 2.30. The number of methoxy groups -OCH3 is 1. The second-order valence-electron chi connectivity index (χ2n) is 4.01. The molecule has 20 heavy (non-hydrogen) atoms. The van der Waals surface area contributed by atoms with Crippen LogP contribution in [-0.2, 0) is 11.0 Å². The quantitative estimate of drug-likeness (QED) is 0.806. The van der Waals surface area contributed by atoms with E-state index in [4.69, 9.17) is 4.74 Å². The van der Waals surface area contributed by atoms with E-state index in [1.165, 1.54) is 11.2 Å². The molecule has 0 fully saturated rings. The predicted octanol–water partition coefficient (Wildman–Crippen LogP) is 1.82. The number of anilines is 1. The van der Waals surface area contributed by atoms with Crippen molar-refractivity contribution < 1.29 is 8.95 Å². The van der Waals surface area contributed by atoms with E-state index in [0.717, 1.165) is 5.69 Å². The summed E-state index contributed by atoms with van der Waals surface area (Å²) < 4.78 is 19.2. The molecule has 0 N–H and O–H groups in total. The van der Waals surface area contributed by atoms with Gasteiger partial charge in [0.1, 0.15) is 0 Å². The molecule has 0 radical (unpaired) electrons. The minimum atomic E-state index is -1.46. The Labute approximate surface area is 122 Å². The van der Waals surface area contributed by atoms with Crippen LogP contribution in [0.4, 0.5) is 5.82 Å². The van der Waals surface area contributed by atoms with Gasteiger partial charge in [0.2, 0.25) is 5.82 Å². The van der Waals surface area contributed by atoms with Gasteiger partial charge in [-0.2, -0.15) is 0 Å². The molecule has 0 aliphatic heterocycles.